The minimum Gasteiger partial charge on any atom is -0.314 e. The second kappa shape index (κ2) is 6.61. The summed E-state index contributed by atoms with van der Waals surface area (Å²) in [5.74, 6) is 0.965. The third-order valence-electron chi connectivity index (χ3n) is 4.27. The molecular formula is C15H21Cl2N3. The predicted octanol–water partition coefficient (Wildman–Crippen LogP) is 3.35. The number of nitrogens with one attached hydrogen (secondary N) is 1. The van der Waals surface area contributed by atoms with Crippen molar-refractivity contribution >= 4 is 23.2 Å². The summed E-state index contributed by atoms with van der Waals surface area (Å²) in [4.78, 5) is 6.55. The van der Waals surface area contributed by atoms with E-state index in [-0.39, 0.29) is 0 Å². The number of aromatic nitrogens is 1. The van der Waals surface area contributed by atoms with Gasteiger partial charge in [0.2, 0.25) is 0 Å². The van der Waals surface area contributed by atoms with Crippen LogP contribution in [0.2, 0.25) is 10.3 Å². The number of pyridine rings is 1. The first kappa shape index (κ1) is 14.6. The van der Waals surface area contributed by atoms with Crippen LogP contribution in [0.1, 0.15) is 31.2 Å². The Bertz CT molecular complexity index is 454. The van der Waals surface area contributed by atoms with Crippen molar-refractivity contribution in [3.8, 4) is 0 Å². The molecule has 1 aromatic heterocycles. The Morgan fingerprint density at radius 3 is 2.55 bits per heavy atom. The molecule has 110 valence electrons. The highest BCUT2D eigenvalue weighted by Gasteiger charge is 2.24. The summed E-state index contributed by atoms with van der Waals surface area (Å²) in [5, 5.41) is 4.70. The van der Waals surface area contributed by atoms with Crippen LogP contribution < -0.4 is 5.32 Å². The zero-order chi connectivity index (χ0) is 13.9. The lowest BCUT2D eigenvalue weighted by atomic mass is 10.0. The first-order chi connectivity index (χ1) is 9.70. The smallest absolute Gasteiger partial charge is 0.135 e. The van der Waals surface area contributed by atoms with Gasteiger partial charge in [0.05, 0.1) is 0 Å². The van der Waals surface area contributed by atoms with Crippen molar-refractivity contribution in [2.45, 2.75) is 38.3 Å². The molecule has 0 spiro atoms. The maximum atomic E-state index is 6.13. The maximum absolute atomic E-state index is 6.13. The van der Waals surface area contributed by atoms with Crippen LogP contribution in [0, 0.1) is 5.92 Å². The van der Waals surface area contributed by atoms with E-state index < -0.39 is 0 Å². The number of piperidine rings is 1. The molecule has 0 unspecified atom stereocenters. The van der Waals surface area contributed by atoms with Gasteiger partial charge < -0.3 is 5.32 Å². The fourth-order valence-corrected chi connectivity index (χ4v) is 3.15. The average Bonchev–Trinajstić information content (AvgIpc) is 3.25. The Kier molecular flexibility index (Phi) is 4.82. The van der Waals surface area contributed by atoms with Gasteiger partial charge in [-0.15, -0.1) is 0 Å². The Morgan fingerprint density at radius 2 is 1.90 bits per heavy atom. The summed E-state index contributed by atoms with van der Waals surface area (Å²) in [5.41, 5.74) is 1.07. The SMILES string of the molecule is Clc1ccc(CN2CCC(NCC3CC3)CC2)c(Cl)n1. The van der Waals surface area contributed by atoms with E-state index in [4.69, 9.17) is 23.2 Å². The Morgan fingerprint density at radius 1 is 1.15 bits per heavy atom. The summed E-state index contributed by atoms with van der Waals surface area (Å²) in [6.45, 7) is 4.35. The maximum Gasteiger partial charge on any atom is 0.135 e. The molecule has 1 N–H and O–H groups in total. The van der Waals surface area contributed by atoms with Crippen molar-refractivity contribution in [1.82, 2.24) is 15.2 Å². The number of halogens is 2. The quantitative estimate of drug-likeness (QED) is 0.845. The largest absolute Gasteiger partial charge is 0.314 e. The molecule has 1 saturated heterocycles. The van der Waals surface area contributed by atoms with Gasteiger partial charge in [0.25, 0.3) is 0 Å². The zero-order valence-electron chi connectivity index (χ0n) is 11.6. The molecule has 20 heavy (non-hydrogen) atoms. The van der Waals surface area contributed by atoms with E-state index in [9.17, 15) is 0 Å². The minimum atomic E-state index is 0.460. The van der Waals surface area contributed by atoms with Crippen LogP contribution in [0.25, 0.3) is 0 Å². The molecule has 5 heteroatoms. The van der Waals surface area contributed by atoms with E-state index in [1.807, 2.05) is 12.1 Å². The molecule has 2 heterocycles. The third-order valence-corrected chi connectivity index (χ3v) is 4.80. The van der Waals surface area contributed by atoms with Gasteiger partial charge in [-0.05, 0) is 57.3 Å². The van der Waals surface area contributed by atoms with Crippen LogP contribution in [0.3, 0.4) is 0 Å². The molecule has 0 bridgehead atoms. The Hall–Kier alpha value is -0.350. The summed E-state index contributed by atoms with van der Waals surface area (Å²) >= 11 is 12.0. The molecule has 0 aromatic carbocycles. The van der Waals surface area contributed by atoms with Crippen molar-refractivity contribution in [3.63, 3.8) is 0 Å². The van der Waals surface area contributed by atoms with E-state index in [1.54, 1.807) is 0 Å². The van der Waals surface area contributed by atoms with Crippen LogP contribution in [-0.2, 0) is 6.54 Å². The van der Waals surface area contributed by atoms with Gasteiger partial charge in [-0.1, -0.05) is 29.3 Å². The van der Waals surface area contributed by atoms with Crippen molar-refractivity contribution in [1.29, 1.82) is 0 Å². The van der Waals surface area contributed by atoms with Crippen molar-refractivity contribution in [3.05, 3.63) is 28.0 Å². The molecule has 3 rings (SSSR count). The highest BCUT2D eigenvalue weighted by Crippen LogP contribution is 2.28. The summed E-state index contributed by atoms with van der Waals surface area (Å²) in [7, 11) is 0. The lowest BCUT2D eigenvalue weighted by Gasteiger charge is -2.32. The normalized spacial score (nSPS) is 21.3. The van der Waals surface area contributed by atoms with Gasteiger partial charge in [-0.3, -0.25) is 4.90 Å². The van der Waals surface area contributed by atoms with Crippen molar-refractivity contribution in [2.24, 2.45) is 5.92 Å². The third kappa shape index (κ3) is 4.08. The van der Waals surface area contributed by atoms with Gasteiger partial charge in [0.15, 0.2) is 0 Å². The number of nitrogens with zero attached hydrogens (tertiary/aromatic N) is 2. The topological polar surface area (TPSA) is 28.2 Å². The first-order valence-electron chi connectivity index (χ1n) is 7.47. The van der Waals surface area contributed by atoms with E-state index in [0.29, 0.717) is 16.3 Å². The second-order valence-electron chi connectivity index (χ2n) is 5.99. The molecule has 2 fully saturated rings. The molecule has 2 aliphatic rings. The highest BCUT2D eigenvalue weighted by molar-refractivity contribution is 6.32. The number of likely N-dealkylation sites (tertiary alicyclic amines) is 1. The molecule has 0 amide bonds. The van der Waals surface area contributed by atoms with E-state index >= 15 is 0 Å². The molecule has 1 aromatic rings. The van der Waals surface area contributed by atoms with Crippen LogP contribution >= 0.6 is 23.2 Å². The molecule has 1 aliphatic heterocycles. The molecule has 0 atom stereocenters. The average molecular weight is 314 g/mol. The second-order valence-corrected chi connectivity index (χ2v) is 6.73. The van der Waals surface area contributed by atoms with E-state index in [0.717, 1.165) is 31.1 Å². The number of hydrogen-bond acceptors (Lipinski definition) is 3. The summed E-state index contributed by atoms with van der Waals surface area (Å²) in [6, 6.07) is 4.49. The lowest BCUT2D eigenvalue weighted by molar-refractivity contribution is 0.190. The van der Waals surface area contributed by atoms with Gasteiger partial charge in [-0.25, -0.2) is 4.98 Å². The molecule has 3 nitrogen and oxygen atoms in total. The van der Waals surface area contributed by atoms with Crippen LogP contribution in [0.15, 0.2) is 12.1 Å². The highest BCUT2D eigenvalue weighted by atomic mass is 35.5. The monoisotopic (exact) mass is 313 g/mol. The van der Waals surface area contributed by atoms with Gasteiger partial charge in [0, 0.05) is 18.2 Å². The van der Waals surface area contributed by atoms with E-state index in [1.165, 1.54) is 32.2 Å². The van der Waals surface area contributed by atoms with Crippen molar-refractivity contribution < 1.29 is 0 Å². The summed E-state index contributed by atoms with van der Waals surface area (Å²) < 4.78 is 0. The zero-order valence-corrected chi connectivity index (χ0v) is 13.1. The van der Waals surface area contributed by atoms with Gasteiger partial charge in [0.1, 0.15) is 10.3 Å². The summed E-state index contributed by atoms with van der Waals surface area (Å²) in [6.07, 6.45) is 5.30. The minimum absolute atomic E-state index is 0.460. The van der Waals surface area contributed by atoms with Crippen molar-refractivity contribution in [2.75, 3.05) is 19.6 Å². The Labute approximate surface area is 130 Å². The molecule has 1 saturated carbocycles. The van der Waals surface area contributed by atoms with E-state index in [2.05, 4.69) is 15.2 Å². The van der Waals surface area contributed by atoms with Crippen LogP contribution in [-0.4, -0.2) is 35.6 Å². The predicted molar refractivity (Wildman–Crippen MR) is 83.3 cm³/mol. The fraction of sp³-hybridized carbons (Fsp3) is 0.667. The molecule has 0 radical (unpaired) electrons. The number of rotatable bonds is 5. The molecule has 1 aliphatic carbocycles. The standard InChI is InChI=1S/C15H21Cl2N3/c16-14-4-3-12(15(17)19-14)10-20-7-5-13(6-8-20)18-9-11-1-2-11/h3-4,11,13,18H,1-2,5-10H2. The first-order valence-corrected chi connectivity index (χ1v) is 8.23. The lowest BCUT2D eigenvalue weighted by Crippen LogP contribution is -2.42. The number of hydrogen-bond donors (Lipinski definition) is 1. The fourth-order valence-electron chi connectivity index (χ4n) is 2.75. The van der Waals surface area contributed by atoms with Gasteiger partial charge >= 0.3 is 0 Å². The molecular weight excluding hydrogens is 293 g/mol. The van der Waals surface area contributed by atoms with Crippen LogP contribution in [0.5, 0.6) is 0 Å². The van der Waals surface area contributed by atoms with Crippen LogP contribution in [0.4, 0.5) is 0 Å². The van der Waals surface area contributed by atoms with Gasteiger partial charge in [-0.2, -0.15) is 0 Å². The Balaban J connectivity index is 1.45.